The molecule has 2 heterocycles. The van der Waals surface area contributed by atoms with Crippen molar-refractivity contribution in [3.8, 4) is 0 Å². The van der Waals surface area contributed by atoms with E-state index in [2.05, 4.69) is 4.90 Å². The molecule has 1 aromatic rings. The maximum absolute atomic E-state index is 12.5. The first-order valence-corrected chi connectivity index (χ1v) is 9.49. The van der Waals surface area contributed by atoms with E-state index in [1.165, 1.54) is 12.8 Å². The standard InChI is InChI=1S/C16H24N2O3S/c19-22(20,16-6-2-1-3-7-16)18-12-10-17(11-13-18)9-8-15-5-4-14-21-15/h1-3,6-7,15H,4-5,8-14H2/t15-/m1/s1. The van der Waals surface area contributed by atoms with Gasteiger partial charge in [-0.25, -0.2) is 8.42 Å². The van der Waals surface area contributed by atoms with E-state index in [1.807, 2.05) is 6.07 Å². The van der Waals surface area contributed by atoms with Crippen molar-refractivity contribution in [2.24, 2.45) is 0 Å². The lowest BCUT2D eigenvalue weighted by atomic mass is 10.1. The Hall–Kier alpha value is -0.950. The van der Waals surface area contributed by atoms with Crippen LogP contribution in [0, 0.1) is 0 Å². The van der Waals surface area contributed by atoms with Gasteiger partial charge in [0.2, 0.25) is 10.0 Å². The van der Waals surface area contributed by atoms with Gasteiger partial charge in [0.1, 0.15) is 0 Å². The third-order valence-corrected chi connectivity index (χ3v) is 6.42. The van der Waals surface area contributed by atoms with E-state index < -0.39 is 10.0 Å². The second-order valence-electron chi connectivity index (χ2n) is 5.98. The zero-order valence-electron chi connectivity index (χ0n) is 12.9. The molecule has 0 aromatic heterocycles. The van der Waals surface area contributed by atoms with Gasteiger partial charge in [-0.3, -0.25) is 0 Å². The molecule has 0 spiro atoms. The van der Waals surface area contributed by atoms with Crippen molar-refractivity contribution in [3.63, 3.8) is 0 Å². The summed E-state index contributed by atoms with van der Waals surface area (Å²) in [6.07, 6.45) is 3.81. The average molecular weight is 324 g/mol. The molecular weight excluding hydrogens is 300 g/mol. The first kappa shape index (κ1) is 15.9. The van der Waals surface area contributed by atoms with Crippen LogP contribution in [0.4, 0.5) is 0 Å². The lowest BCUT2D eigenvalue weighted by Gasteiger charge is -2.34. The van der Waals surface area contributed by atoms with Crippen LogP contribution in [-0.2, 0) is 14.8 Å². The number of hydrogen-bond donors (Lipinski definition) is 0. The Morgan fingerprint density at radius 2 is 1.82 bits per heavy atom. The highest BCUT2D eigenvalue weighted by Gasteiger charge is 2.28. The molecular formula is C16H24N2O3S. The molecule has 6 heteroatoms. The van der Waals surface area contributed by atoms with E-state index in [-0.39, 0.29) is 0 Å². The second-order valence-corrected chi connectivity index (χ2v) is 7.92. The van der Waals surface area contributed by atoms with Crippen LogP contribution in [0.2, 0.25) is 0 Å². The Labute approximate surface area is 132 Å². The van der Waals surface area contributed by atoms with Crippen LogP contribution < -0.4 is 0 Å². The zero-order valence-corrected chi connectivity index (χ0v) is 13.7. The van der Waals surface area contributed by atoms with E-state index in [1.54, 1.807) is 28.6 Å². The highest BCUT2D eigenvalue weighted by Crippen LogP contribution is 2.19. The number of benzene rings is 1. The van der Waals surface area contributed by atoms with Gasteiger partial charge in [-0.15, -0.1) is 0 Å². The molecule has 0 N–H and O–H groups in total. The zero-order chi connectivity index (χ0) is 15.4. The monoisotopic (exact) mass is 324 g/mol. The number of ether oxygens (including phenoxy) is 1. The van der Waals surface area contributed by atoms with E-state index in [9.17, 15) is 8.42 Å². The van der Waals surface area contributed by atoms with Crippen molar-refractivity contribution >= 4 is 10.0 Å². The fourth-order valence-electron chi connectivity index (χ4n) is 3.13. The number of sulfonamides is 1. The Bertz CT molecular complexity index is 562. The Morgan fingerprint density at radius 1 is 1.09 bits per heavy atom. The highest BCUT2D eigenvalue weighted by atomic mass is 32.2. The number of hydrogen-bond acceptors (Lipinski definition) is 4. The summed E-state index contributed by atoms with van der Waals surface area (Å²) in [6.45, 7) is 4.65. The van der Waals surface area contributed by atoms with Gasteiger partial charge in [0.15, 0.2) is 0 Å². The third kappa shape index (κ3) is 3.68. The van der Waals surface area contributed by atoms with Crippen LogP contribution in [0.5, 0.6) is 0 Å². The number of rotatable bonds is 5. The van der Waals surface area contributed by atoms with Gasteiger partial charge in [0.05, 0.1) is 11.0 Å². The van der Waals surface area contributed by atoms with E-state index >= 15 is 0 Å². The summed E-state index contributed by atoms with van der Waals surface area (Å²) >= 11 is 0. The van der Waals surface area contributed by atoms with Crippen LogP contribution in [0.3, 0.4) is 0 Å². The van der Waals surface area contributed by atoms with Gasteiger partial charge in [-0.05, 0) is 31.4 Å². The molecule has 3 rings (SSSR count). The maximum atomic E-state index is 12.5. The average Bonchev–Trinajstić information content (AvgIpc) is 3.08. The van der Waals surface area contributed by atoms with Crippen LogP contribution in [0.1, 0.15) is 19.3 Å². The van der Waals surface area contributed by atoms with Gasteiger partial charge in [0, 0.05) is 39.3 Å². The molecule has 22 heavy (non-hydrogen) atoms. The molecule has 122 valence electrons. The molecule has 0 unspecified atom stereocenters. The van der Waals surface area contributed by atoms with Crippen molar-refractivity contribution < 1.29 is 13.2 Å². The molecule has 0 aliphatic carbocycles. The Balaban J connectivity index is 1.51. The smallest absolute Gasteiger partial charge is 0.243 e. The predicted octanol–water partition coefficient (Wildman–Crippen LogP) is 1.56. The quantitative estimate of drug-likeness (QED) is 0.825. The van der Waals surface area contributed by atoms with E-state index in [4.69, 9.17) is 4.74 Å². The third-order valence-electron chi connectivity index (χ3n) is 4.50. The Kier molecular flexibility index (Phi) is 5.13. The summed E-state index contributed by atoms with van der Waals surface area (Å²) in [4.78, 5) is 2.74. The second kappa shape index (κ2) is 7.08. The molecule has 2 aliphatic heterocycles. The molecule has 0 radical (unpaired) electrons. The Morgan fingerprint density at radius 3 is 2.45 bits per heavy atom. The molecule has 0 bridgehead atoms. The summed E-state index contributed by atoms with van der Waals surface area (Å²) in [5.74, 6) is 0. The summed E-state index contributed by atoms with van der Waals surface area (Å²) in [6, 6.07) is 8.70. The summed E-state index contributed by atoms with van der Waals surface area (Å²) in [7, 11) is -3.33. The van der Waals surface area contributed by atoms with Gasteiger partial charge in [0.25, 0.3) is 0 Å². The largest absolute Gasteiger partial charge is 0.378 e. The van der Waals surface area contributed by atoms with Gasteiger partial charge in [-0.2, -0.15) is 4.31 Å². The topological polar surface area (TPSA) is 49.9 Å². The molecule has 1 aromatic carbocycles. The first-order valence-electron chi connectivity index (χ1n) is 8.05. The number of piperazine rings is 1. The molecule has 2 saturated heterocycles. The van der Waals surface area contributed by atoms with Crippen molar-refractivity contribution in [2.45, 2.75) is 30.3 Å². The molecule has 2 fully saturated rings. The molecule has 1 atom stereocenters. The van der Waals surface area contributed by atoms with Crippen LogP contribution >= 0.6 is 0 Å². The lowest BCUT2D eigenvalue weighted by Crippen LogP contribution is -2.49. The maximum Gasteiger partial charge on any atom is 0.243 e. The van der Waals surface area contributed by atoms with Gasteiger partial charge < -0.3 is 9.64 Å². The number of nitrogens with zero attached hydrogens (tertiary/aromatic N) is 2. The fourth-order valence-corrected chi connectivity index (χ4v) is 4.58. The lowest BCUT2D eigenvalue weighted by molar-refractivity contribution is 0.0860. The SMILES string of the molecule is O=S(=O)(c1ccccc1)N1CCN(CC[C@H]2CCCO2)CC1. The van der Waals surface area contributed by atoms with Crippen LogP contribution in [0.15, 0.2) is 35.2 Å². The molecule has 0 saturated carbocycles. The van der Waals surface area contributed by atoms with Gasteiger partial charge >= 0.3 is 0 Å². The summed E-state index contributed by atoms with van der Waals surface area (Å²) in [5.41, 5.74) is 0. The highest BCUT2D eigenvalue weighted by molar-refractivity contribution is 7.89. The minimum atomic E-state index is -3.33. The first-order chi connectivity index (χ1) is 10.7. The normalized spacial score (nSPS) is 24.6. The van der Waals surface area contributed by atoms with Crippen molar-refractivity contribution in [2.75, 3.05) is 39.3 Å². The van der Waals surface area contributed by atoms with Gasteiger partial charge in [-0.1, -0.05) is 18.2 Å². The molecule has 0 amide bonds. The minimum absolute atomic E-state index is 0.391. The van der Waals surface area contributed by atoms with Crippen molar-refractivity contribution in [1.82, 2.24) is 9.21 Å². The van der Waals surface area contributed by atoms with Crippen molar-refractivity contribution in [1.29, 1.82) is 0 Å². The predicted molar refractivity (Wildman–Crippen MR) is 85.2 cm³/mol. The van der Waals surface area contributed by atoms with Crippen LogP contribution in [0.25, 0.3) is 0 Å². The summed E-state index contributed by atoms with van der Waals surface area (Å²) in [5, 5.41) is 0. The van der Waals surface area contributed by atoms with Crippen molar-refractivity contribution in [3.05, 3.63) is 30.3 Å². The van der Waals surface area contributed by atoms with E-state index in [0.29, 0.717) is 24.1 Å². The molecule has 5 nitrogen and oxygen atoms in total. The fraction of sp³-hybridized carbons (Fsp3) is 0.625. The van der Waals surface area contributed by atoms with E-state index in [0.717, 1.165) is 32.7 Å². The molecule has 2 aliphatic rings. The van der Waals surface area contributed by atoms with Crippen LogP contribution in [-0.4, -0.2) is 63.1 Å². The minimum Gasteiger partial charge on any atom is -0.378 e. The summed E-state index contributed by atoms with van der Waals surface area (Å²) < 4.78 is 32.3.